The minimum Gasteiger partial charge on any atom is -0.353 e. The first kappa shape index (κ1) is 13.4. The number of amides is 1. The molecule has 0 saturated carbocycles. The highest BCUT2D eigenvalue weighted by Crippen LogP contribution is 2.19. The molecule has 0 aliphatic rings. The third-order valence-corrected chi connectivity index (χ3v) is 4.08. The summed E-state index contributed by atoms with van der Waals surface area (Å²) < 4.78 is 2.96. The molecule has 5 heteroatoms. The Kier molecular flexibility index (Phi) is 4.66. The lowest BCUT2D eigenvalue weighted by Gasteiger charge is -2.07. The molecule has 0 radical (unpaired) electrons. The second-order valence-corrected chi connectivity index (χ2v) is 5.38. The second-order valence-electron chi connectivity index (χ2n) is 3.81. The van der Waals surface area contributed by atoms with E-state index in [2.05, 4.69) is 27.9 Å². The quantitative estimate of drug-likeness (QED) is 0.820. The van der Waals surface area contributed by atoms with Gasteiger partial charge in [-0.2, -0.15) is 0 Å². The Morgan fingerprint density at radius 2 is 2.06 bits per heavy atom. The number of hydrogen-bond acceptors (Lipinski definition) is 1. The van der Waals surface area contributed by atoms with Crippen LogP contribution in [-0.2, 0) is 6.54 Å². The van der Waals surface area contributed by atoms with E-state index in [1.807, 2.05) is 35.2 Å². The van der Waals surface area contributed by atoms with E-state index in [0.717, 1.165) is 10.1 Å². The smallest absolute Gasteiger partial charge is 0.251 e. The van der Waals surface area contributed by atoms with E-state index in [1.165, 1.54) is 0 Å². The van der Waals surface area contributed by atoms with Gasteiger partial charge in [0.1, 0.15) is 0 Å². The summed E-state index contributed by atoms with van der Waals surface area (Å²) in [6, 6.07) is 9.22. The lowest BCUT2D eigenvalue weighted by molar-refractivity contribution is 0.0952. The Morgan fingerprint density at radius 1 is 1.33 bits per heavy atom. The predicted octanol–water partition coefficient (Wildman–Crippen LogP) is 3.18. The molecule has 0 atom stereocenters. The molecule has 2 rings (SSSR count). The van der Waals surface area contributed by atoms with Crippen molar-refractivity contribution in [2.45, 2.75) is 6.54 Å². The lowest BCUT2D eigenvalue weighted by atomic mass is 10.2. The van der Waals surface area contributed by atoms with Crippen LogP contribution in [-0.4, -0.2) is 17.0 Å². The minimum absolute atomic E-state index is 0.0968. The molecule has 2 aromatic rings. The first-order valence-electron chi connectivity index (χ1n) is 5.51. The molecule has 18 heavy (non-hydrogen) atoms. The molecule has 1 heterocycles. The zero-order chi connectivity index (χ0) is 13.0. The SMILES string of the molecule is O=C(NCCn1cccc1)c1ccc(I)c(Cl)c1. The number of benzene rings is 1. The summed E-state index contributed by atoms with van der Waals surface area (Å²) in [5.74, 6) is -0.0968. The summed E-state index contributed by atoms with van der Waals surface area (Å²) in [6.07, 6.45) is 3.93. The molecule has 0 aliphatic carbocycles. The number of carbonyl (C=O) groups is 1. The summed E-state index contributed by atoms with van der Waals surface area (Å²) in [7, 11) is 0. The van der Waals surface area contributed by atoms with Crippen LogP contribution >= 0.6 is 34.2 Å². The Hall–Kier alpha value is -1.01. The van der Waals surface area contributed by atoms with Crippen LogP contribution < -0.4 is 5.32 Å². The summed E-state index contributed by atoms with van der Waals surface area (Å²) in [4.78, 5) is 11.9. The summed E-state index contributed by atoms with van der Waals surface area (Å²) in [6.45, 7) is 1.36. The van der Waals surface area contributed by atoms with Crippen LogP contribution in [0.2, 0.25) is 5.02 Å². The van der Waals surface area contributed by atoms with E-state index < -0.39 is 0 Å². The van der Waals surface area contributed by atoms with E-state index in [-0.39, 0.29) is 5.91 Å². The third kappa shape index (κ3) is 3.49. The van der Waals surface area contributed by atoms with Crippen LogP contribution in [0.3, 0.4) is 0 Å². The van der Waals surface area contributed by atoms with Gasteiger partial charge in [-0.15, -0.1) is 0 Å². The molecule has 0 bridgehead atoms. The Balaban J connectivity index is 1.89. The van der Waals surface area contributed by atoms with Gasteiger partial charge in [0.25, 0.3) is 5.91 Å². The van der Waals surface area contributed by atoms with Crippen molar-refractivity contribution in [1.82, 2.24) is 9.88 Å². The predicted molar refractivity (Wildman–Crippen MR) is 80.9 cm³/mol. The van der Waals surface area contributed by atoms with Crippen LogP contribution in [0.5, 0.6) is 0 Å². The molecule has 0 fully saturated rings. The second kappa shape index (κ2) is 6.24. The van der Waals surface area contributed by atoms with E-state index in [9.17, 15) is 4.79 Å². The average molecular weight is 375 g/mol. The first-order valence-corrected chi connectivity index (χ1v) is 6.96. The summed E-state index contributed by atoms with van der Waals surface area (Å²) in [5.41, 5.74) is 0.591. The maximum Gasteiger partial charge on any atom is 0.251 e. The van der Waals surface area contributed by atoms with Crippen LogP contribution in [0.25, 0.3) is 0 Å². The van der Waals surface area contributed by atoms with E-state index in [0.29, 0.717) is 17.1 Å². The molecule has 1 aromatic carbocycles. The monoisotopic (exact) mass is 374 g/mol. The van der Waals surface area contributed by atoms with E-state index in [4.69, 9.17) is 11.6 Å². The fraction of sp³-hybridized carbons (Fsp3) is 0.154. The van der Waals surface area contributed by atoms with Gasteiger partial charge >= 0.3 is 0 Å². The molecule has 3 nitrogen and oxygen atoms in total. The van der Waals surface area contributed by atoms with E-state index in [1.54, 1.807) is 12.1 Å². The van der Waals surface area contributed by atoms with Crippen molar-refractivity contribution in [3.63, 3.8) is 0 Å². The maximum atomic E-state index is 11.9. The highest BCUT2D eigenvalue weighted by Gasteiger charge is 2.06. The maximum absolute atomic E-state index is 11.9. The number of carbonyl (C=O) groups excluding carboxylic acids is 1. The lowest BCUT2D eigenvalue weighted by Crippen LogP contribution is -2.26. The van der Waals surface area contributed by atoms with Crippen LogP contribution in [0.4, 0.5) is 0 Å². The topological polar surface area (TPSA) is 34.0 Å². The molecular weight excluding hydrogens is 363 g/mol. The molecule has 0 saturated heterocycles. The van der Waals surface area contributed by atoms with Gasteiger partial charge in [-0.1, -0.05) is 11.6 Å². The van der Waals surface area contributed by atoms with Gasteiger partial charge in [0.2, 0.25) is 0 Å². The van der Waals surface area contributed by atoms with Crippen LogP contribution in [0.15, 0.2) is 42.7 Å². The highest BCUT2D eigenvalue weighted by molar-refractivity contribution is 14.1. The molecular formula is C13H12ClIN2O. The van der Waals surface area contributed by atoms with Crippen molar-refractivity contribution in [2.75, 3.05) is 6.54 Å². The zero-order valence-electron chi connectivity index (χ0n) is 9.57. The van der Waals surface area contributed by atoms with Crippen molar-refractivity contribution >= 4 is 40.1 Å². The van der Waals surface area contributed by atoms with Gasteiger partial charge in [-0.05, 0) is 52.9 Å². The average Bonchev–Trinajstić information content (AvgIpc) is 2.85. The molecule has 0 unspecified atom stereocenters. The van der Waals surface area contributed by atoms with Crippen molar-refractivity contribution in [3.8, 4) is 0 Å². The number of nitrogens with one attached hydrogen (secondary N) is 1. The van der Waals surface area contributed by atoms with Crippen molar-refractivity contribution in [2.24, 2.45) is 0 Å². The van der Waals surface area contributed by atoms with Crippen LogP contribution in [0.1, 0.15) is 10.4 Å². The molecule has 1 N–H and O–H groups in total. The number of rotatable bonds is 4. The van der Waals surface area contributed by atoms with Gasteiger partial charge < -0.3 is 9.88 Å². The van der Waals surface area contributed by atoms with Crippen molar-refractivity contribution < 1.29 is 4.79 Å². The summed E-state index contributed by atoms with van der Waals surface area (Å²) >= 11 is 8.11. The fourth-order valence-electron chi connectivity index (χ4n) is 1.56. The van der Waals surface area contributed by atoms with Gasteiger partial charge in [-0.3, -0.25) is 4.79 Å². The van der Waals surface area contributed by atoms with Gasteiger partial charge in [0.15, 0.2) is 0 Å². The normalized spacial score (nSPS) is 10.3. The first-order chi connectivity index (χ1) is 8.66. The van der Waals surface area contributed by atoms with Gasteiger partial charge in [0.05, 0.1) is 5.02 Å². The molecule has 94 valence electrons. The fourth-order valence-corrected chi connectivity index (χ4v) is 2.07. The summed E-state index contributed by atoms with van der Waals surface area (Å²) in [5, 5.41) is 3.47. The number of nitrogens with zero attached hydrogens (tertiary/aromatic N) is 1. The standard InChI is InChI=1S/C13H12ClIN2O/c14-11-9-10(3-4-12(11)15)13(18)16-5-8-17-6-1-2-7-17/h1-4,6-7,9H,5,8H2,(H,16,18). The number of hydrogen-bond donors (Lipinski definition) is 1. The third-order valence-electron chi connectivity index (χ3n) is 2.50. The van der Waals surface area contributed by atoms with Crippen molar-refractivity contribution in [3.05, 3.63) is 56.9 Å². The van der Waals surface area contributed by atoms with Crippen molar-refractivity contribution in [1.29, 1.82) is 0 Å². The molecule has 0 aliphatic heterocycles. The number of halogens is 2. The zero-order valence-corrected chi connectivity index (χ0v) is 12.5. The van der Waals surface area contributed by atoms with Crippen LogP contribution in [0, 0.1) is 3.57 Å². The minimum atomic E-state index is -0.0968. The highest BCUT2D eigenvalue weighted by atomic mass is 127. The Bertz CT molecular complexity index is 540. The largest absolute Gasteiger partial charge is 0.353 e. The van der Waals surface area contributed by atoms with Gasteiger partial charge in [-0.25, -0.2) is 0 Å². The van der Waals surface area contributed by atoms with E-state index >= 15 is 0 Å². The molecule has 0 spiro atoms. The molecule has 1 amide bonds. The Morgan fingerprint density at radius 3 is 2.72 bits per heavy atom. The number of aromatic nitrogens is 1. The van der Waals surface area contributed by atoms with Gasteiger partial charge in [0, 0.05) is 34.6 Å². The Labute approximate surface area is 124 Å². The molecule has 1 aromatic heterocycles.